The van der Waals surface area contributed by atoms with Gasteiger partial charge in [0.15, 0.2) is 0 Å². The standard InChI is InChI=1S/C51H36/c1-51(2)47-26-13-12-21-40(47)41-28-27-36(32-48(41)51)46-31-38(30-35-17-6-7-20-39(35)46)50-44-24-10-8-22-42(44)49(43-23-9-11-25-45(43)50)37-19-14-18-34(29-37)33-15-4-3-5-16-33/h3-32H,1-2H3. The van der Waals surface area contributed by atoms with Crippen molar-refractivity contribution in [1.29, 1.82) is 0 Å². The van der Waals surface area contributed by atoms with Gasteiger partial charge >= 0.3 is 0 Å². The van der Waals surface area contributed by atoms with Crippen molar-refractivity contribution in [3.63, 3.8) is 0 Å². The van der Waals surface area contributed by atoms with Crippen LogP contribution in [0.4, 0.5) is 0 Å². The molecule has 0 bridgehead atoms. The van der Waals surface area contributed by atoms with Crippen LogP contribution in [0.15, 0.2) is 182 Å². The summed E-state index contributed by atoms with van der Waals surface area (Å²) in [5, 5.41) is 7.59. The monoisotopic (exact) mass is 648 g/mol. The Balaban J connectivity index is 1.22. The Bertz CT molecular complexity index is 2760. The third-order valence-electron chi connectivity index (χ3n) is 11.2. The van der Waals surface area contributed by atoms with Crippen molar-refractivity contribution in [1.82, 2.24) is 0 Å². The van der Waals surface area contributed by atoms with Gasteiger partial charge in [0.25, 0.3) is 0 Å². The molecule has 9 aromatic carbocycles. The number of fused-ring (bicyclic) bond motifs is 6. The van der Waals surface area contributed by atoms with Crippen LogP contribution in [0.25, 0.3) is 88.0 Å². The molecular formula is C51H36. The van der Waals surface area contributed by atoms with Crippen LogP contribution in [0.5, 0.6) is 0 Å². The summed E-state index contributed by atoms with van der Waals surface area (Å²) in [5.74, 6) is 0. The molecule has 51 heavy (non-hydrogen) atoms. The Morgan fingerprint density at radius 3 is 1.57 bits per heavy atom. The molecule has 0 radical (unpaired) electrons. The minimum absolute atomic E-state index is 0.0601. The first-order chi connectivity index (χ1) is 25.1. The van der Waals surface area contributed by atoms with Crippen LogP contribution in [-0.4, -0.2) is 0 Å². The summed E-state index contributed by atoms with van der Waals surface area (Å²) in [6.45, 7) is 4.73. The quantitative estimate of drug-likeness (QED) is 0.167. The molecule has 0 aliphatic heterocycles. The van der Waals surface area contributed by atoms with E-state index in [0.717, 1.165) is 0 Å². The van der Waals surface area contributed by atoms with Crippen LogP contribution in [-0.2, 0) is 5.41 Å². The molecule has 0 amide bonds. The second-order valence-corrected chi connectivity index (χ2v) is 14.5. The van der Waals surface area contributed by atoms with Crippen molar-refractivity contribution in [2.45, 2.75) is 19.3 Å². The maximum atomic E-state index is 2.46. The lowest BCUT2D eigenvalue weighted by Gasteiger charge is -2.22. The molecule has 1 aliphatic carbocycles. The van der Waals surface area contributed by atoms with Crippen LogP contribution in [0.2, 0.25) is 0 Å². The van der Waals surface area contributed by atoms with Crippen LogP contribution in [0.1, 0.15) is 25.0 Å². The molecule has 0 spiro atoms. The van der Waals surface area contributed by atoms with E-state index in [1.165, 1.54) is 99.1 Å². The van der Waals surface area contributed by atoms with E-state index in [1.54, 1.807) is 0 Å². The van der Waals surface area contributed by atoms with Crippen molar-refractivity contribution in [2.24, 2.45) is 0 Å². The Morgan fingerprint density at radius 1 is 0.294 bits per heavy atom. The predicted octanol–water partition coefficient (Wildman–Crippen LogP) is 14.1. The molecule has 0 saturated carbocycles. The van der Waals surface area contributed by atoms with Gasteiger partial charge in [-0.05, 0) is 123 Å². The number of benzene rings is 9. The zero-order valence-corrected chi connectivity index (χ0v) is 28.8. The van der Waals surface area contributed by atoms with Gasteiger partial charge in [-0.15, -0.1) is 0 Å². The normalized spacial score (nSPS) is 13.1. The first-order valence-electron chi connectivity index (χ1n) is 17.9. The Morgan fingerprint density at radius 2 is 0.843 bits per heavy atom. The zero-order chi connectivity index (χ0) is 34.1. The first kappa shape index (κ1) is 29.7. The fourth-order valence-electron chi connectivity index (χ4n) is 8.80. The van der Waals surface area contributed by atoms with Crippen molar-refractivity contribution < 1.29 is 0 Å². The molecule has 0 N–H and O–H groups in total. The summed E-state index contributed by atoms with van der Waals surface area (Å²) in [7, 11) is 0. The van der Waals surface area contributed by atoms with Crippen LogP contribution in [0, 0.1) is 0 Å². The highest BCUT2D eigenvalue weighted by molar-refractivity contribution is 6.22. The van der Waals surface area contributed by atoms with Crippen LogP contribution in [0.3, 0.4) is 0 Å². The molecule has 0 fully saturated rings. The largest absolute Gasteiger partial charge is 0.0622 e. The summed E-state index contributed by atoms with van der Waals surface area (Å²) in [5.41, 5.74) is 15.5. The number of hydrogen-bond donors (Lipinski definition) is 0. The van der Waals surface area contributed by atoms with E-state index in [9.17, 15) is 0 Å². The van der Waals surface area contributed by atoms with Crippen molar-refractivity contribution in [3.8, 4) is 55.6 Å². The number of rotatable bonds is 4. The smallest absolute Gasteiger partial charge is 0.0159 e. The first-order valence-corrected chi connectivity index (χ1v) is 17.9. The van der Waals surface area contributed by atoms with Gasteiger partial charge in [-0.2, -0.15) is 0 Å². The molecule has 0 atom stereocenters. The predicted molar refractivity (Wildman–Crippen MR) is 218 cm³/mol. The average Bonchev–Trinajstić information content (AvgIpc) is 3.42. The molecular weight excluding hydrogens is 613 g/mol. The third-order valence-corrected chi connectivity index (χ3v) is 11.2. The van der Waals surface area contributed by atoms with E-state index in [2.05, 4.69) is 196 Å². The van der Waals surface area contributed by atoms with E-state index in [-0.39, 0.29) is 5.41 Å². The second-order valence-electron chi connectivity index (χ2n) is 14.5. The fraction of sp³-hybridized carbons (Fsp3) is 0.0588. The minimum atomic E-state index is -0.0601. The average molecular weight is 649 g/mol. The summed E-state index contributed by atoms with van der Waals surface area (Å²) in [6.07, 6.45) is 0. The molecule has 9 aromatic rings. The van der Waals surface area contributed by atoms with Gasteiger partial charge in [0.1, 0.15) is 0 Å². The van der Waals surface area contributed by atoms with E-state index in [1.807, 2.05) is 0 Å². The van der Waals surface area contributed by atoms with Crippen molar-refractivity contribution >= 4 is 32.3 Å². The molecule has 0 nitrogen and oxygen atoms in total. The van der Waals surface area contributed by atoms with Gasteiger partial charge in [-0.3, -0.25) is 0 Å². The molecule has 1 aliphatic rings. The molecule has 0 saturated heterocycles. The van der Waals surface area contributed by atoms with Crippen molar-refractivity contribution in [2.75, 3.05) is 0 Å². The van der Waals surface area contributed by atoms with Gasteiger partial charge in [0.2, 0.25) is 0 Å². The molecule has 0 heteroatoms. The molecule has 0 heterocycles. The summed E-state index contributed by atoms with van der Waals surface area (Å²) < 4.78 is 0. The van der Waals surface area contributed by atoms with Gasteiger partial charge in [-0.25, -0.2) is 0 Å². The van der Waals surface area contributed by atoms with E-state index in [4.69, 9.17) is 0 Å². The highest BCUT2D eigenvalue weighted by Crippen LogP contribution is 2.51. The molecule has 0 aromatic heterocycles. The zero-order valence-electron chi connectivity index (χ0n) is 28.8. The molecule has 0 unspecified atom stereocenters. The Labute approximate surface area is 299 Å². The Kier molecular flexibility index (Phi) is 6.63. The summed E-state index contributed by atoms with van der Waals surface area (Å²) in [6, 6.07) is 67.5. The Hall–Kier alpha value is -6.24. The second kappa shape index (κ2) is 11.4. The lowest BCUT2D eigenvalue weighted by molar-refractivity contribution is 0.660. The topological polar surface area (TPSA) is 0 Å². The number of hydrogen-bond acceptors (Lipinski definition) is 0. The van der Waals surface area contributed by atoms with Gasteiger partial charge in [0.05, 0.1) is 0 Å². The van der Waals surface area contributed by atoms with Crippen LogP contribution >= 0.6 is 0 Å². The fourth-order valence-corrected chi connectivity index (χ4v) is 8.80. The van der Waals surface area contributed by atoms with Gasteiger partial charge in [-0.1, -0.05) is 172 Å². The third kappa shape index (κ3) is 4.60. The maximum absolute atomic E-state index is 2.46. The van der Waals surface area contributed by atoms with Gasteiger partial charge < -0.3 is 0 Å². The minimum Gasteiger partial charge on any atom is -0.0622 e. The van der Waals surface area contributed by atoms with Gasteiger partial charge in [0, 0.05) is 5.41 Å². The summed E-state index contributed by atoms with van der Waals surface area (Å²) >= 11 is 0. The van der Waals surface area contributed by atoms with E-state index >= 15 is 0 Å². The molecule has 240 valence electrons. The molecule has 10 rings (SSSR count). The maximum Gasteiger partial charge on any atom is 0.0159 e. The highest BCUT2D eigenvalue weighted by atomic mass is 14.4. The lowest BCUT2D eigenvalue weighted by atomic mass is 9.81. The summed E-state index contributed by atoms with van der Waals surface area (Å²) in [4.78, 5) is 0. The van der Waals surface area contributed by atoms with E-state index < -0.39 is 0 Å². The van der Waals surface area contributed by atoms with Crippen molar-refractivity contribution in [3.05, 3.63) is 193 Å². The van der Waals surface area contributed by atoms with E-state index in [0.29, 0.717) is 0 Å². The van der Waals surface area contributed by atoms with Crippen LogP contribution < -0.4 is 0 Å². The SMILES string of the molecule is CC1(C)c2ccccc2-c2ccc(-c3cc(-c4c5ccccc5c(-c5cccc(-c6ccccc6)c5)c5ccccc45)cc4ccccc34)cc21. The lowest BCUT2D eigenvalue weighted by Crippen LogP contribution is -2.14. The highest BCUT2D eigenvalue weighted by Gasteiger charge is 2.35.